The zero-order valence-corrected chi connectivity index (χ0v) is 26.4. The molecule has 6 rings (SSSR count). The molecule has 0 radical (unpaired) electrons. The summed E-state index contributed by atoms with van der Waals surface area (Å²) in [6.07, 6.45) is 2.47. The highest BCUT2D eigenvalue weighted by Crippen LogP contribution is 2.44. The van der Waals surface area contributed by atoms with E-state index in [1.807, 2.05) is 4.52 Å². The highest BCUT2D eigenvalue weighted by atomic mass is 35.5. The fourth-order valence-electron chi connectivity index (χ4n) is 5.61. The molecule has 0 bridgehead atoms. The third kappa shape index (κ3) is 6.51. The number of thiophene rings is 1. The number of nitrogens with one attached hydrogen (secondary N) is 2. The minimum absolute atomic E-state index is 0. The molecule has 0 spiro atoms. The largest absolute Gasteiger partial charge is 0.495 e. The summed E-state index contributed by atoms with van der Waals surface area (Å²) in [6.45, 7) is 9.23. The van der Waals surface area contributed by atoms with E-state index < -0.39 is 0 Å². The number of nitrogen functional groups attached to an aromatic ring is 1. The second-order valence-electron chi connectivity index (χ2n) is 9.97. The number of hydrogen-bond acceptors (Lipinski definition) is 9. The molecule has 224 valence electrons. The molecule has 4 aromatic rings. The Hall–Kier alpha value is -2.38. The molecule has 0 atom stereocenters. The highest BCUT2D eigenvalue weighted by Gasteiger charge is 2.28. The van der Waals surface area contributed by atoms with Crippen LogP contribution in [0.15, 0.2) is 24.5 Å². The summed E-state index contributed by atoms with van der Waals surface area (Å²) in [6, 6.07) is 6.61. The van der Waals surface area contributed by atoms with E-state index in [0.29, 0.717) is 25.5 Å². The van der Waals surface area contributed by atoms with Crippen LogP contribution in [0, 0.1) is 0 Å². The van der Waals surface area contributed by atoms with Crippen LogP contribution in [0.25, 0.3) is 26.0 Å². The normalized spacial score (nSPS) is 16.1. The van der Waals surface area contributed by atoms with Crippen molar-refractivity contribution in [3.05, 3.63) is 41.3 Å². The van der Waals surface area contributed by atoms with Gasteiger partial charge in [0.05, 0.1) is 24.0 Å². The molecule has 0 aliphatic carbocycles. The number of ether oxygens (including phenoxy) is 1. The van der Waals surface area contributed by atoms with Crippen LogP contribution in [0.3, 0.4) is 0 Å². The maximum absolute atomic E-state index is 12.3. The number of aromatic nitrogens is 3. The van der Waals surface area contributed by atoms with Gasteiger partial charge in [0, 0.05) is 68.4 Å². The van der Waals surface area contributed by atoms with E-state index in [9.17, 15) is 4.79 Å². The van der Waals surface area contributed by atoms with Crippen molar-refractivity contribution < 1.29 is 9.53 Å². The van der Waals surface area contributed by atoms with E-state index in [0.717, 1.165) is 88.7 Å². The van der Waals surface area contributed by atoms with Gasteiger partial charge in [-0.05, 0) is 29.5 Å². The molecule has 41 heavy (non-hydrogen) atoms. The quantitative estimate of drug-likeness (QED) is 0.281. The second kappa shape index (κ2) is 14.2. The Bertz CT molecular complexity index is 1510. The first-order valence-electron chi connectivity index (χ1n) is 13.2. The number of amides is 1. The molecule has 2 aliphatic rings. The van der Waals surface area contributed by atoms with E-state index in [2.05, 4.69) is 50.5 Å². The van der Waals surface area contributed by atoms with Crippen molar-refractivity contribution in [2.24, 2.45) is 0 Å². The summed E-state index contributed by atoms with van der Waals surface area (Å²) in [7, 11) is 1.73. The molecule has 1 aromatic carbocycles. The van der Waals surface area contributed by atoms with Crippen molar-refractivity contribution in [3.63, 3.8) is 0 Å². The minimum atomic E-state index is 0. The van der Waals surface area contributed by atoms with Crippen LogP contribution >= 0.6 is 48.6 Å². The van der Waals surface area contributed by atoms with Gasteiger partial charge in [0.15, 0.2) is 5.82 Å². The zero-order chi connectivity index (χ0) is 26.2. The first kappa shape index (κ1) is 33.1. The highest BCUT2D eigenvalue weighted by molar-refractivity contribution is 7.22. The monoisotopic (exact) mass is 642 g/mol. The molecule has 2 saturated heterocycles. The lowest BCUT2D eigenvalue weighted by Gasteiger charge is -2.29. The van der Waals surface area contributed by atoms with Gasteiger partial charge in [0.2, 0.25) is 5.91 Å². The van der Waals surface area contributed by atoms with Crippen molar-refractivity contribution in [2.45, 2.75) is 26.4 Å². The zero-order valence-electron chi connectivity index (χ0n) is 23.1. The lowest BCUT2D eigenvalue weighted by atomic mass is 10.0. The average Bonchev–Trinajstić information content (AvgIpc) is 3.48. The van der Waals surface area contributed by atoms with Gasteiger partial charge in [-0.1, -0.05) is 13.0 Å². The Balaban J connectivity index is 0.00000154. The number of carbonyl (C=O) groups is 1. The number of anilines is 1. The van der Waals surface area contributed by atoms with Crippen LogP contribution in [-0.4, -0.2) is 83.2 Å². The van der Waals surface area contributed by atoms with Crippen LogP contribution in [0.5, 0.6) is 5.75 Å². The van der Waals surface area contributed by atoms with Crippen LogP contribution in [-0.2, 0) is 24.3 Å². The number of fused-ring (bicyclic) bond motifs is 2. The van der Waals surface area contributed by atoms with Gasteiger partial charge < -0.3 is 21.1 Å². The van der Waals surface area contributed by atoms with Crippen LogP contribution in [0.4, 0.5) is 5.82 Å². The minimum Gasteiger partial charge on any atom is -0.495 e. The lowest BCUT2D eigenvalue weighted by Crippen LogP contribution is -2.47. The number of nitrogens with two attached hydrogens (primary N) is 1. The number of nitrogens with zero attached hydrogens (tertiary/aromatic N) is 5. The summed E-state index contributed by atoms with van der Waals surface area (Å²) in [4.78, 5) is 22.4. The van der Waals surface area contributed by atoms with E-state index >= 15 is 0 Å². The standard InChI is InChI=1S/C27H34N8O2S.3ClH/c1-3-17-10-18-12-22(38-26(18)21(11-17)37-2)24-19(13-34-9-6-30-23(36)15-34)20(14-33-7-4-29-5-8-33)35-25(24)27(28)31-16-32-35;;;/h10-12,16,29H,3-9,13-15H2,1-2H3,(H,30,36)(H2,28,31,32);3*1H. The number of aryl methyl sites for hydroxylation is 1. The average molecular weight is 644 g/mol. The SMILES string of the molecule is CCc1cc(OC)c2sc(-c3c(CN4CCNC(=O)C4)c(CN4CCNCC4)n4ncnc(N)c34)cc2c1.Cl.Cl.Cl. The lowest BCUT2D eigenvalue weighted by molar-refractivity contribution is -0.124. The first-order chi connectivity index (χ1) is 18.6. The molecule has 5 heterocycles. The van der Waals surface area contributed by atoms with E-state index in [1.54, 1.807) is 18.4 Å². The number of benzene rings is 1. The van der Waals surface area contributed by atoms with Crippen LogP contribution in [0.2, 0.25) is 0 Å². The maximum atomic E-state index is 12.3. The predicted octanol–water partition coefficient (Wildman–Crippen LogP) is 3.37. The molecule has 1 amide bonds. The molecule has 0 unspecified atom stereocenters. The van der Waals surface area contributed by atoms with E-state index in [1.165, 1.54) is 11.9 Å². The van der Waals surface area contributed by atoms with Crippen molar-refractivity contribution in [3.8, 4) is 16.2 Å². The summed E-state index contributed by atoms with van der Waals surface area (Å²) in [5, 5.41) is 12.2. The number of hydrogen-bond donors (Lipinski definition) is 3. The van der Waals surface area contributed by atoms with E-state index in [-0.39, 0.29) is 43.1 Å². The molecule has 2 aliphatic heterocycles. The molecule has 3 aromatic heterocycles. The number of carbonyl (C=O) groups excluding carboxylic acids is 1. The fraction of sp³-hybridized carbons (Fsp3) is 0.444. The summed E-state index contributed by atoms with van der Waals surface area (Å²) < 4.78 is 8.89. The predicted molar refractivity (Wildman–Crippen MR) is 172 cm³/mol. The van der Waals surface area contributed by atoms with Crippen LogP contribution < -0.4 is 21.1 Å². The Morgan fingerprint density at radius 1 is 1.05 bits per heavy atom. The van der Waals surface area contributed by atoms with Gasteiger partial charge in [0.1, 0.15) is 17.6 Å². The maximum Gasteiger partial charge on any atom is 0.234 e. The van der Waals surface area contributed by atoms with Gasteiger partial charge in [-0.15, -0.1) is 48.6 Å². The van der Waals surface area contributed by atoms with Gasteiger partial charge in [-0.3, -0.25) is 14.6 Å². The topological polar surface area (TPSA) is 113 Å². The number of rotatable bonds is 7. The molecule has 10 nitrogen and oxygen atoms in total. The third-order valence-electron chi connectivity index (χ3n) is 7.56. The fourth-order valence-corrected chi connectivity index (χ4v) is 6.82. The molecule has 0 saturated carbocycles. The van der Waals surface area contributed by atoms with Gasteiger partial charge >= 0.3 is 0 Å². The summed E-state index contributed by atoms with van der Waals surface area (Å²) >= 11 is 1.71. The Morgan fingerprint density at radius 2 is 1.80 bits per heavy atom. The van der Waals surface area contributed by atoms with Gasteiger partial charge in [-0.25, -0.2) is 9.50 Å². The molecular weight excluding hydrogens is 607 g/mol. The first-order valence-corrected chi connectivity index (χ1v) is 14.0. The Morgan fingerprint density at radius 3 is 2.51 bits per heavy atom. The molecular formula is C27H37Cl3N8O2S. The van der Waals surface area contributed by atoms with Gasteiger partial charge in [-0.2, -0.15) is 5.10 Å². The second-order valence-corrected chi connectivity index (χ2v) is 11.0. The summed E-state index contributed by atoms with van der Waals surface area (Å²) in [5.74, 6) is 1.40. The summed E-state index contributed by atoms with van der Waals surface area (Å²) in [5.41, 5.74) is 12.0. The molecule has 4 N–H and O–H groups in total. The third-order valence-corrected chi connectivity index (χ3v) is 8.74. The number of piperazine rings is 2. The number of methoxy groups -OCH3 is 1. The van der Waals surface area contributed by atoms with Crippen molar-refractivity contribution in [2.75, 3.05) is 58.7 Å². The molecule has 2 fully saturated rings. The van der Waals surface area contributed by atoms with E-state index in [4.69, 9.17) is 15.6 Å². The van der Waals surface area contributed by atoms with Crippen molar-refractivity contribution >= 4 is 75.9 Å². The Labute approximate surface area is 262 Å². The van der Waals surface area contributed by atoms with Crippen LogP contribution in [0.1, 0.15) is 23.7 Å². The number of halogens is 3. The Kier molecular flexibility index (Phi) is 11.5. The van der Waals surface area contributed by atoms with Gasteiger partial charge in [0.25, 0.3) is 0 Å². The van der Waals surface area contributed by atoms with Crippen molar-refractivity contribution in [1.82, 2.24) is 35.0 Å². The smallest absolute Gasteiger partial charge is 0.234 e. The van der Waals surface area contributed by atoms with Crippen molar-refractivity contribution in [1.29, 1.82) is 0 Å². The molecule has 14 heteroatoms.